The Hall–Kier alpha value is -4.43. The molecule has 1 atom stereocenters. The summed E-state index contributed by atoms with van der Waals surface area (Å²) >= 11 is 6.02. The zero-order valence-electron chi connectivity index (χ0n) is 19.3. The van der Waals surface area contributed by atoms with Crippen molar-refractivity contribution in [3.63, 3.8) is 0 Å². The largest absolute Gasteiger partial charge is 0.463 e. The highest BCUT2D eigenvalue weighted by atomic mass is 35.5. The van der Waals surface area contributed by atoms with Gasteiger partial charge in [0.2, 0.25) is 0 Å². The van der Waals surface area contributed by atoms with Gasteiger partial charge in [-0.2, -0.15) is 0 Å². The van der Waals surface area contributed by atoms with Crippen molar-refractivity contribution in [2.45, 2.75) is 20.0 Å². The molecule has 5 aromatic rings. The fraction of sp³-hybridized carbons (Fsp3) is 0.111. The van der Waals surface area contributed by atoms with Gasteiger partial charge in [-0.05, 0) is 74.0 Å². The quantitative estimate of drug-likeness (QED) is 0.272. The minimum atomic E-state index is -1.04. The van der Waals surface area contributed by atoms with Crippen molar-refractivity contribution in [2.24, 2.45) is 0 Å². The van der Waals surface area contributed by atoms with E-state index in [0.717, 1.165) is 5.56 Å². The second-order valence-corrected chi connectivity index (χ2v) is 8.51. The van der Waals surface area contributed by atoms with Crippen LogP contribution in [0, 0.1) is 6.92 Å². The van der Waals surface area contributed by atoms with E-state index in [2.05, 4.69) is 15.3 Å². The Kier molecular flexibility index (Phi) is 6.26. The van der Waals surface area contributed by atoms with Crippen LogP contribution >= 0.6 is 11.6 Å². The van der Waals surface area contributed by atoms with Crippen LogP contribution in [0.3, 0.4) is 0 Å². The van der Waals surface area contributed by atoms with E-state index in [9.17, 15) is 9.59 Å². The Labute approximate surface area is 210 Å². The molecule has 8 nitrogen and oxygen atoms in total. The van der Waals surface area contributed by atoms with Gasteiger partial charge < -0.3 is 18.9 Å². The second kappa shape index (κ2) is 9.67. The topological polar surface area (TPSA) is 107 Å². The normalized spacial score (nSPS) is 11.9. The lowest BCUT2D eigenvalue weighted by atomic mass is 10.1. The maximum absolute atomic E-state index is 12.8. The lowest BCUT2D eigenvalue weighted by Crippen LogP contribution is -2.30. The zero-order chi connectivity index (χ0) is 25.2. The maximum atomic E-state index is 12.8. The smallest absolute Gasteiger partial charge is 0.338 e. The van der Waals surface area contributed by atoms with Crippen molar-refractivity contribution in [1.29, 1.82) is 0 Å². The maximum Gasteiger partial charge on any atom is 0.338 e. The summed E-state index contributed by atoms with van der Waals surface area (Å²) in [6, 6.07) is 17.0. The molecule has 1 amide bonds. The van der Waals surface area contributed by atoms with Crippen LogP contribution < -0.4 is 5.32 Å². The number of anilines is 1. The molecular weight excluding hydrogens is 482 g/mol. The fourth-order valence-corrected chi connectivity index (χ4v) is 3.77. The Morgan fingerprint density at radius 1 is 0.917 bits per heavy atom. The number of benzene rings is 2. The highest BCUT2D eigenvalue weighted by Crippen LogP contribution is 2.31. The number of hydrogen-bond acceptors (Lipinski definition) is 7. The summed E-state index contributed by atoms with van der Waals surface area (Å²) in [5.74, 6) is -0.101. The van der Waals surface area contributed by atoms with E-state index >= 15 is 0 Å². The molecule has 0 radical (unpaired) electrons. The number of ether oxygens (including phenoxy) is 1. The number of aryl methyl sites for hydroxylation is 1. The number of nitrogens with zero attached hydrogens (tertiary/aromatic N) is 2. The van der Waals surface area contributed by atoms with Gasteiger partial charge in [0, 0.05) is 10.7 Å². The standard InChI is InChI=1S/C27H20ClN3O5/c1-15-7-9-18(28)14-20(15)31-26(32)16(2)36-27(33)17-8-10-19-21(13-17)30-25(23-6-4-12-35-23)24(29-19)22-5-3-11-34-22/h3-14,16H,1-2H3,(H,31,32). The van der Waals surface area contributed by atoms with Gasteiger partial charge in [-0.1, -0.05) is 17.7 Å². The van der Waals surface area contributed by atoms with Crippen LogP contribution in [-0.4, -0.2) is 27.9 Å². The summed E-state index contributed by atoms with van der Waals surface area (Å²) in [4.78, 5) is 34.8. The average Bonchev–Trinajstić information content (AvgIpc) is 3.60. The number of halogens is 1. The number of furan rings is 2. The van der Waals surface area contributed by atoms with Crippen molar-refractivity contribution in [2.75, 3.05) is 5.32 Å². The van der Waals surface area contributed by atoms with Crippen LogP contribution in [0.25, 0.3) is 33.9 Å². The predicted molar refractivity (Wildman–Crippen MR) is 135 cm³/mol. The van der Waals surface area contributed by atoms with Gasteiger partial charge in [-0.3, -0.25) is 4.79 Å². The van der Waals surface area contributed by atoms with E-state index in [1.165, 1.54) is 13.2 Å². The lowest BCUT2D eigenvalue weighted by Gasteiger charge is -2.15. The SMILES string of the molecule is Cc1ccc(Cl)cc1NC(=O)C(C)OC(=O)c1ccc2nc(-c3ccco3)c(-c3ccco3)nc2c1. The van der Waals surface area contributed by atoms with Crippen LogP contribution in [-0.2, 0) is 9.53 Å². The molecule has 2 aromatic carbocycles. The van der Waals surface area contributed by atoms with Gasteiger partial charge in [0.1, 0.15) is 11.4 Å². The number of amides is 1. The number of nitrogens with one attached hydrogen (secondary N) is 1. The van der Waals surface area contributed by atoms with Crippen molar-refractivity contribution in [3.8, 4) is 22.9 Å². The molecule has 1 N–H and O–H groups in total. The number of esters is 1. The minimum absolute atomic E-state index is 0.228. The third-order valence-electron chi connectivity index (χ3n) is 5.52. The summed E-state index contributed by atoms with van der Waals surface area (Å²) in [7, 11) is 0. The highest BCUT2D eigenvalue weighted by molar-refractivity contribution is 6.31. The summed E-state index contributed by atoms with van der Waals surface area (Å²) in [5.41, 5.74) is 3.60. The van der Waals surface area contributed by atoms with E-state index in [-0.39, 0.29) is 5.56 Å². The monoisotopic (exact) mass is 501 g/mol. The molecule has 3 aromatic heterocycles. The van der Waals surface area contributed by atoms with Gasteiger partial charge in [0.25, 0.3) is 5.91 Å². The summed E-state index contributed by atoms with van der Waals surface area (Å²) < 4.78 is 16.5. The molecule has 0 aliphatic heterocycles. The number of hydrogen-bond donors (Lipinski definition) is 1. The highest BCUT2D eigenvalue weighted by Gasteiger charge is 2.22. The van der Waals surface area contributed by atoms with Crippen LogP contribution in [0.4, 0.5) is 5.69 Å². The van der Waals surface area contributed by atoms with Crippen molar-refractivity contribution < 1.29 is 23.2 Å². The molecular formula is C27H20ClN3O5. The molecule has 9 heteroatoms. The minimum Gasteiger partial charge on any atom is -0.463 e. The molecule has 36 heavy (non-hydrogen) atoms. The molecule has 0 fully saturated rings. The Morgan fingerprint density at radius 3 is 2.22 bits per heavy atom. The molecule has 0 saturated carbocycles. The molecule has 1 unspecified atom stereocenters. The lowest BCUT2D eigenvalue weighted by molar-refractivity contribution is -0.123. The van der Waals surface area contributed by atoms with Crippen LogP contribution in [0.2, 0.25) is 5.02 Å². The van der Waals surface area contributed by atoms with Crippen molar-refractivity contribution in [3.05, 3.63) is 89.3 Å². The molecule has 0 aliphatic rings. The van der Waals surface area contributed by atoms with Gasteiger partial charge in [-0.25, -0.2) is 14.8 Å². The molecule has 0 saturated heterocycles. The van der Waals surface area contributed by atoms with Crippen LogP contribution in [0.5, 0.6) is 0 Å². The number of fused-ring (bicyclic) bond motifs is 1. The van der Waals surface area contributed by atoms with E-state index in [1.54, 1.807) is 66.9 Å². The van der Waals surface area contributed by atoms with Gasteiger partial charge in [0.05, 0.1) is 29.1 Å². The van der Waals surface area contributed by atoms with Crippen molar-refractivity contribution >= 4 is 40.2 Å². The molecule has 3 heterocycles. The first kappa shape index (κ1) is 23.3. The number of aromatic nitrogens is 2. The number of carbonyl (C=O) groups is 2. The first-order valence-electron chi connectivity index (χ1n) is 11.1. The molecule has 5 rings (SSSR count). The molecule has 180 valence electrons. The fourth-order valence-electron chi connectivity index (χ4n) is 3.60. The Bertz CT molecular complexity index is 1560. The van der Waals surface area contributed by atoms with E-state index in [0.29, 0.717) is 44.7 Å². The van der Waals surface area contributed by atoms with Gasteiger partial charge >= 0.3 is 5.97 Å². The first-order chi connectivity index (χ1) is 17.4. The Balaban J connectivity index is 1.40. The van der Waals surface area contributed by atoms with Gasteiger partial charge in [-0.15, -0.1) is 0 Å². The second-order valence-electron chi connectivity index (χ2n) is 8.07. The third kappa shape index (κ3) is 4.71. The summed E-state index contributed by atoms with van der Waals surface area (Å²) in [6.07, 6.45) is 2.05. The average molecular weight is 502 g/mol. The summed E-state index contributed by atoms with van der Waals surface area (Å²) in [5, 5.41) is 3.23. The van der Waals surface area contributed by atoms with E-state index < -0.39 is 18.0 Å². The molecule has 0 bridgehead atoms. The van der Waals surface area contributed by atoms with Crippen LogP contribution in [0.15, 0.2) is 82.0 Å². The van der Waals surface area contributed by atoms with Gasteiger partial charge in [0.15, 0.2) is 17.6 Å². The number of rotatable bonds is 6. The molecule has 0 aliphatic carbocycles. The van der Waals surface area contributed by atoms with Crippen LogP contribution in [0.1, 0.15) is 22.8 Å². The third-order valence-corrected chi connectivity index (χ3v) is 5.75. The Morgan fingerprint density at radius 2 is 1.58 bits per heavy atom. The first-order valence-corrected chi connectivity index (χ1v) is 11.4. The predicted octanol–water partition coefficient (Wildman–Crippen LogP) is 6.30. The summed E-state index contributed by atoms with van der Waals surface area (Å²) in [6.45, 7) is 3.34. The van der Waals surface area contributed by atoms with Crippen molar-refractivity contribution in [1.82, 2.24) is 9.97 Å². The number of carbonyl (C=O) groups excluding carboxylic acids is 2. The zero-order valence-corrected chi connectivity index (χ0v) is 20.1. The van der Waals surface area contributed by atoms with E-state index in [1.807, 2.05) is 6.92 Å². The van der Waals surface area contributed by atoms with E-state index in [4.69, 9.17) is 25.2 Å². The molecule has 0 spiro atoms.